The van der Waals surface area contributed by atoms with E-state index in [1.165, 1.54) is 33.5 Å². The maximum atomic E-state index is 12.3. The van der Waals surface area contributed by atoms with Gasteiger partial charge < -0.3 is 19.3 Å². The summed E-state index contributed by atoms with van der Waals surface area (Å²) in [5.41, 5.74) is 1.09. The molecule has 0 aromatic heterocycles. The Kier molecular flexibility index (Phi) is 5.71. The zero-order valence-electron chi connectivity index (χ0n) is 13.5. The lowest BCUT2D eigenvalue weighted by molar-refractivity contribution is 0.104. The smallest absolute Gasteiger partial charge is 0.185 e. The first kappa shape index (κ1) is 17.7. The highest BCUT2D eigenvalue weighted by atomic mass is 35.5. The Balaban J connectivity index is 2.26. The molecule has 6 heteroatoms. The molecule has 24 heavy (non-hydrogen) atoms. The highest BCUT2D eigenvalue weighted by molar-refractivity contribution is 6.32. The molecule has 0 amide bonds. The first-order valence-electron chi connectivity index (χ1n) is 7.01. The van der Waals surface area contributed by atoms with Gasteiger partial charge in [-0.2, -0.15) is 0 Å². The molecule has 0 aliphatic carbocycles. The second-order valence-electron chi connectivity index (χ2n) is 4.82. The van der Waals surface area contributed by atoms with Crippen LogP contribution in [0.15, 0.2) is 36.4 Å². The minimum atomic E-state index is -0.209. The van der Waals surface area contributed by atoms with Gasteiger partial charge >= 0.3 is 0 Å². The van der Waals surface area contributed by atoms with Gasteiger partial charge in [0.15, 0.2) is 28.8 Å². The van der Waals surface area contributed by atoms with Crippen LogP contribution in [0, 0.1) is 0 Å². The Bertz CT molecular complexity index is 783. The lowest BCUT2D eigenvalue weighted by Crippen LogP contribution is -1.97. The van der Waals surface area contributed by atoms with E-state index < -0.39 is 0 Å². The second-order valence-corrected chi connectivity index (χ2v) is 5.23. The number of rotatable bonds is 6. The van der Waals surface area contributed by atoms with Crippen LogP contribution in [-0.2, 0) is 0 Å². The summed E-state index contributed by atoms with van der Waals surface area (Å²) in [4.78, 5) is 12.3. The molecule has 2 aromatic rings. The SMILES string of the molecule is COc1ccc(C(=O)/C=C/c2cc(Cl)c(O)c(OC)c2)cc1OC. The monoisotopic (exact) mass is 348 g/mol. The van der Waals surface area contributed by atoms with E-state index in [2.05, 4.69) is 0 Å². The zero-order chi connectivity index (χ0) is 17.7. The number of hydrogen-bond acceptors (Lipinski definition) is 5. The number of carbonyl (C=O) groups excluding carboxylic acids is 1. The van der Waals surface area contributed by atoms with E-state index in [0.29, 0.717) is 22.6 Å². The molecule has 0 radical (unpaired) electrons. The molecule has 1 N–H and O–H groups in total. The van der Waals surface area contributed by atoms with Gasteiger partial charge in [-0.25, -0.2) is 0 Å². The predicted molar refractivity (Wildman–Crippen MR) is 92.6 cm³/mol. The molecule has 0 atom stereocenters. The fourth-order valence-electron chi connectivity index (χ4n) is 2.10. The molecule has 126 valence electrons. The van der Waals surface area contributed by atoms with E-state index in [0.717, 1.165) is 0 Å². The van der Waals surface area contributed by atoms with Gasteiger partial charge in [-0.3, -0.25) is 4.79 Å². The molecule has 2 rings (SSSR count). The molecular weight excluding hydrogens is 332 g/mol. The van der Waals surface area contributed by atoms with Crippen molar-refractivity contribution in [2.45, 2.75) is 0 Å². The third-order valence-electron chi connectivity index (χ3n) is 3.37. The van der Waals surface area contributed by atoms with Gasteiger partial charge in [-0.05, 0) is 42.0 Å². The van der Waals surface area contributed by atoms with Crippen molar-refractivity contribution in [1.29, 1.82) is 0 Å². The molecule has 0 unspecified atom stereocenters. The Labute approximate surface area is 145 Å². The van der Waals surface area contributed by atoms with E-state index in [9.17, 15) is 9.90 Å². The largest absolute Gasteiger partial charge is 0.503 e. The molecule has 0 bridgehead atoms. The van der Waals surface area contributed by atoms with Crippen molar-refractivity contribution in [1.82, 2.24) is 0 Å². The summed E-state index contributed by atoms with van der Waals surface area (Å²) in [6.45, 7) is 0. The van der Waals surface area contributed by atoms with E-state index in [-0.39, 0.29) is 22.3 Å². The van der Waals surface area contributed by atoms with Crippen LogP contribution in [0.5, 0.6) is 23.0 Å². The van der Waals surface area contributed by atoms with Crippen molar-refractivity contribution in [3.05, 3.63) is 52.6 Å². The number of allylic oxidation sites excluding steroid dienone is 1. The van der Waals surface area contributed by atoms with Gasteiger partial charge in [0.2, 0.25) is 0 Å². The quantitative estimate of drug-likeness (QED) is 0.632. The van der Waals surface area contributed by atoms with Gasteiger partial charge in [-0.1, -0.05) is 17.7 Å². The van der Waals surface area contributed by atoms with Crippen molar-refractivity contribution in [2.24, 2.45) is 0 Å². The number of phenolic OH excluding ortho intramolecular Hbond substituents is 1. The Morgan fingerprint density at radius 2 is 1.67 bits per heavy atom. The standard InChI is InChI=1S/C18H17ClO5/c1-22-15-7-5-12(10-16(15)23-2)14(20)6-4-11-8-13(19)18(21)17(9-11)24-3/h4-10,21H,1-3H3/b6-4+. The summed E-state index contributed by atoms with van der Waals surface area (Å²) in [5, 5.41) is 9.86. The average Bonchev–Trinajstić information content (AvgIpc) is 2.61. The first-order valence-corrected chi connectivity index (χ1v) is 7.39. The third-order valence-corrected chi connectivity index (χ3v) is 3.65. The van der Waals surface area contributed by atoms with Gasteiger partial charge in [-0.15, -0.1) is 0 Å². The average molecular weight is 349 g/mol. The molecule has 0 saturated carbocycles. The highest BCUT2D eigenvalue weighted by Gasteiger charge is 2.10. The number of benzene rings is 2. The molecule has 0 heterocycles. The maximum Gasteiger partial charge on any atom is 0.185 e. The molecule has 0 spiro atoms. The fraction of sp³-hybridized carbons (Fsp3) is 0.167. The number of phenols is 1. The van der Waals surface area contributed by atoms with Crippen LogP contribution < -0.4 is 14.2 Å². The number of carbonyl (C=O) groups is 1. The van der Waals surface area contributed by atoms with Gasteiger partial charge in [0.25, 0.3) is 0 Å². The van der Waals surface area contributed by atoms with E-state index in [1.54, 1.807) is 30.3 Å². The Morgan fingerprint density at radius 1 is 1.00 bits per heavy atom. The van der Waals surface area contributed by atoms with Crippen LogP contribution in [0.4, 0.5) is 0 Å². The lowest BCUT2D eigenvalue weighted by atomic mass is 10.1. The third kappa shape index (κ3) is 3.81. The number of methoxy groups -OCH3 is 3. The molecule has 0 aliphatic heterocycles. The first-order chi connectivity index (χ1) is 11.5. The Morgan fingerprint density at radius 3 is 2.29 bits per heavy atom. The molecule has 0 aliphatic rings. The van der Waals surface area contributed by atoms with Crippen molar-refractivity contribution in [3.8, 4) is 23.0 Å². The topological polar surface area (TPSA) is 65.0 Å². The number of ether oxygens (including phenoxy) is 3. The second kappa shape index (κ2) is 7.75. The van der Waals surface area contributed by atoms with Crippen LogP contribution in [0.25, 0.3) is 6.08 Å². The van der Waals surface area contributed by atoms with Crippen molar-refractivity contribution in [2.75, 3.05) is 21.3 Å². The minimum Gasteiger partial charge on any atom is -0.503 e. The summed E-state index contributed by atoms with van der Waals surface area (Å²) in [5.74, 6) is 0.918. The Hall–Kier alpha value is -2.66. The zero-order valence-corrected chi connectivity index (χ0v) is 14.3. The van der Waals surface area contributed by atoms with Crippen LogP contribution in [0.1, 0.15) is 15.9 Å². The number of halogens is 1. The number of hydrogen-bond donors (Lipinski definition) is 1. The van der Waals surface area contributed by atoms with Crippen molar-refractivity contribution in [3.63, 3.8) is 0 Å². The number of aromatic hydroxyl groups is 1. The number of ketones is 1. The van der Waals surface area contributed by atoms with Crippen molar-refractivity contribution < 1.29 is 24.1 Å². The van der Waals surface area contributed by atoms with E-state index in [1.807, 2.05) is 0 Å². The molecule has 0 fully saturated rings. The summed E-state index contributed by atoms with van der Waals surface area (Å²) in [6.07, 6.45) is 3.00. The minimum absolute atomic E-state index is 0.137. The van der Waals surface area contributed by atoms with Crippen LogP contribution in [-0.4, -0.2) is 32.2 Å². The summed E-state index contributed by atoms with van der Waals surface area (Å²) in [6, 6.07) is 8.05. The maximum absolute atomic E-state index is 12.3. The summed E-state index contributed by atoms with van der Waals surface area (Å²) in [7, 11) is 4.46. The van der Waals surface area contributed by atoms with Gasteiger partial charge in [0.1, 0.15) is 0 Å². The summed E-state index contributed by atoms with van der Waals surface area (Å²) >= 11 is 5.92. The van der Waals surface area contributed by atoms with Crippen molar-refractivity contribution >= 4 is 23.5 Å². The van der Waals surface area contributed by atoms with Gasteiger partial charge in [0, 0.05) is 5.56 Å². The summed E-state index contributed by atoms with van der Waals surface area (Å²) < 4.78 is 15.4. The van der Waals surface area contributed by atoms with E-state index in [4.69, 9.17) is 25.8 Å². The highest BCUT2D eigenvalue weighted by Crippen LogP contribution is 2.35. The van der Waals surface area contributed by atoms with E-state index >= 15 is 0 Å². The van der Waals surface area contributed by atoms with Crippen LogP contribution in [0.3, 0.4) is 0 Å². The van der Waals surface area contributed by atoms with Gasteiger partial charge in [0.05, 0.1) is 26.4 Å². The van der Waals surface area contributed by atoms with Crippen LogP contribution in [0.2, 0.25) is 5.02 Å². The molecule has 0 saturated heterocycles. The fourth-order valence-corrected chi connectivity index (χ4v) is 2.32. The molecule has 2 aromatic carbocycles. The molecule has 5 nitrogen and oxygen atoms in total. The predicted octanol–water partition coefficient (Wildman–Crippen LogP) is 3.97. The van der Waals surface area contributed by atoms with Crippen LogP contribution >= 0.6 is 11.6 Å². The lowest BCUT2D eigenvalue weighted by Gasteiger charge is -2.08. The molecular formula is C18H17ClO5. The normalized spacial score (nSPS) is 10.7.